The van der Waals surface area contributed by atoms with Crippen LogP contribution in [0, 0.1) is 10.1 Å². The molecular formula is C11H14N4O5. The van der Waals surface area contributed by atoms with Crippen LogP contribution in [0.4, 0.5) is 11.5 Å². The number of nitrogens with one attached hydrogen (secondary N) is 1. The SMILES string of the molecule is CCNC(=O)CN(C)c1ncc(C(=O)O)cc1[N+](=O)[O-]. The van der Waals surface area contributed by atoms with E-state index in [9.17, 15) is 19.7 Å². The summed E-state index contributed by atoms with van der Waals surface area (Å²) < 4.78 is 0. The first-order valence-corrected chi connectivity index (χ1v) is 5.72. The largest absolute Gasteiger partial charge is 0.478 e. The van der Waals surface area contributed by atoms with Crippen molar-refractivity contribution >= 4 is 23.4 Å². The summed E-state index contributed by atoms with van der Waals surface area (Å²) in [6.45, 7) is 2.08. The molecule has 0 aliphatic carbocycles. The van der Waals surface area contributed by atoms with Crippen molar-refractivity contribution in [3.05, 3.63) is 27.9 Å². The lowest BCUT2D eigenvalue weighted by atomic mass is 10.2. The van der Waals surface area contributed by atoms with Gasteiger partial charge in [0.25, 0.3) is 0 Å². The van der Waals surface area contributed by atoms with Gasteiger partial charge in [0, 0.05) is 25.9 Å². The van der Waals surface area contributed by atoms with E-state index in [1.807, 2.05) is 0 Å². The van der Waals surface area contributed by atoms with Crippen molar-refractivity contribution < 1.29 is 19.6 Å². The summed E-state index contributed by atoms with van der Waals surface area (Å²) >= 11 is 0. The molecule has 1 heterocycles. The Balaban J connectivity index is 3.07. The van der Waals surface area contributed by atoms with Crippen molar-refractivity contribution in [2.75, 3.05) is 25.0 Å². The first-order valence-electron chi connectivity index (χ1n) is 5.72. The molecule has 1 aromatic rings. The third-order valence-corrected chi connectivity index (χ3v) is 2.41. The molecule has 0 saturated carbocycles. The topological polar surface area (TPSA) is 126 Å². The maximum atomic E-state index is 11.4. The molecule has 0 atom stereocenters. The van der Waals surface area contributed by atoms with Crippen LogP contribution >= 0.6 is 0 Å². The van der Waals surface area contributed by atoms with Gasteiger partial charge in [-0.25, -0.2) is 9.78 Å². The van der Waals surface area contributed by atoms with Crippen LogP contribution in [0.1, 0.15) is 17.3 Å². The maximum Gasteiger partial charge on any atom is 0.337 e. The van der Waals surface area contributed by atoms with Gasteiger partial charge in [0.1, 0.15) is 0 Å². The molecule has 0 aliphatic heterocycles. The third kappa shape index (κ3) is 3.64. The summed E-state index contributed by atoms with van der Waals surface area (Å²) in [5.41, 5.74) is -0.747. The zero-order chi connectivity index (χ0) is 15.3. The maximum absolute atomic E-state index is 11.4. The fourth-order valence-electron chi connectivity index (χ4n) is 1.53. The van der Waals surface area contributed by atoms with E-state index in [0.717, 1.165) is 12.3 Å². The third-order valence-electron chi connectivity index (χ3n) is 2.41. The lowest BCUT2D eigenvalue weighted by molar-refractivity contribution is -0.384. The molecule has 0 aliphatic rings. The minimum absolute atomic E-state index is 0.0637. The number of aromatic nitrogens is 1. The molecule has 1 amide bonds. The number of amides is 1. The van der Waals surface area contributed by atoms with Crippen molar-refractivity contribution in [1.29, 1.82) is 0 Å². The average Bonchev–Trinajstić information content (AvgIpc) is 2.37. The predicted molar refractivity (Wildman–Crippen MR) is 69.8 cm³/mol. The summed E-state index contributed by atoms with van der Waals surface area (Å²) in [7, 11) is 1.46. The molecule has 9 nitrogen and oxygen atoms in total. The lowest BCUT2D eigenvalue weighted by Crippen LogP contribution is -2.35. The summed E-state index contributed by atoms with van der Waals surface area (Å²) in [6, 6.07) is 0.916. The normalized spacial score (nSPS) is 9.90. The second-order valence-electron chi connectivity index (χ2n) is 3.94. The molecule has 1 rings (SSSR count). The minimum Gasteiger partial charge on any atom is -0.478 e. The quantitative estimate of drug-likeness (QED) is 0.566. The van der Waals surface area contributed by atoms with E-state index in [-0.39, 0.29) is 23.8 Å². The molecule has 2 N–H and O–H groups in total. The molecule has 0 saturated heterocycles. The highest BCUT2D eigenvalue weighted by atomic mass is 16.6. The van der Waals surface area contributed by atoms with E-state index >= 15 is 0 Å². The van der Waals surface area contributed by atoms with Gasteiger partial charge in [0.15, 0.2) is 0 Å². The van der Waals surface area contributed by atoms with E-state index in [2.05, 4.69) is 10.3 Å². The average molecular weight is 282 g/mol. The Bertz CT molecular complexity index is 546. The van der Waals surface area contributed by atoms with E-state index in [1.54, 1.807) is 6.92 Å². The Labute approximate surface area is 114 Å². The summed E-state index contributed by atoms with van der Waals surface area (Å²) in [5, 5.41) is 22.3. The van der Waals surface area contributed by atoms with Crippen molar-refractivity contribution in [3.8, 4) is 0 Å². The molecule has 20 heavy (non-hydrogen) atoms. The van der Waals surface area contributed by atoms with Gasteiger partial charge in [-0.3, -0.25) is 14.9 Å². The number of carbonyl (C=O) groups is 2. The monoisotopic (exact) mass is 282 g/mol. The molecule has 0 spiro atoms. The van der Waals surface area contributed by atoms with Crippen LogP contribution in [-0.2, 0) is 4.79 Å². The second-order valence-corrected chi connectivity index (χ2v) is 3.94. The molecule has 0 aromatic carbocycles. The first kappa shape index (κ1) is 15.3. The van der Waals surface area contributed by atoms with Crippen molar-refractivity contribution in [2.45, 2.75) is 6.92 Å². The van der Waals surface area contributed by atoms with Crippen molar-refractivity contribution in [2.24, 2.45) is 0 Å². The smallest absolute Gasteiger partial charge is 0.337 e. The standard InChI is InChI=1S/C11H14N4O5/c1-3-12-9(16)6-14(2)10-8(15(19)20)4-7(5-13-10)11(17)18/h4-5H,3,6H2,1-2H3,(H,12,16)(H,17,18). The Morgan fingerprint density at radius 3 is 2.70 bits per heavy atom. The highest BCUT2D eigenvalue weighted by Gasteiger charge is 2.22. The number of aromatic carboxylic acids is 1. The van der Waals surface area contributed by atoms with Crippen LogP contribution in [0.15, 0.2) is 12.3 Å². The minimum atomic E-state index is -1.31. The van der Waals surface area contributed by atoms with Crippen molar-refractivity contribution in [3.63, 3.8) is 0 Å². The van der Waals surface area contributed by atoms with Gasteiger partial charge in [0.05, 0.1) is 17.0 Å². The predicted octanol–water partition coefficient (Wildman–Crippen LogP) is 0.260. The van der Waals surface area contributed by atoms with Crippen LogP contribution in [0.2, 0.25) is 0 Å². The first-order chi connectivity index (χ1) is 9.36. The van der Waals surface area contributed by atoms with E-state index in [4.69, 9.17) is 5.11 Å². The molecular weight excluding hydrogens is 268 g/mol. The van der Waals surface area contributed by atoms with Gasteiger partial charge < -0.3 is 15.3 Å². The highest BCUT2D eigenvalue weighted by Crippen LogP contribution is 2.25. The van der Waals surface area contributed by atoms with Crippen LogP contribution < -0.4 is 10.2 Å². The summed E-state index contributed by atoms with van der Waals surface area (Å²) in [5.74, 6) is -1.68. The number of nitro groups is 1. The number of hydrogen-bond acceptors (Lipinski definition) is 6. The summed E-state index contributed by atoms with van der Waals surface area (Å²) in [6.07, 6.45) is 1.01. The summed E-state index contributed by atoms with van der Waals surface area (Å²) in [4.78, 5) is 37.5. The highest BCUT2D eigenvalue weighted by molar-refractivity contribution is 5.89. The fourth-order valence-corrected chi connectivity index (χ4v) is 1.53. The van der Waals surface area contributed by atoms with Gasteiger partial charge in [-0.05, 0) is 6.92 Å². The molecule has 9 heteroatoms. The van der Waals surface area contributed by atoms with Crippen molar-refractivity contribution in [1.82, 2.24) is 10.3 Å². The molecule has 108 valence electrons. The number of nitrogens with zero attached hydrogens (tertiary/aromatic N) is 3. The van der Waals surface area contributed by atoms with Crippen LogP contribution in [0.5, 0.6) is 0 Å². The van der Waals surface area contributed by atoms with Gasteiger partial charge >= 0.3 is 11.7 Å². The van der Waals surface area contributed by atoms with E-state index in [1.165, 1.54) is 11.9 Å². The number of pyridine rings is 1. The van der Waals surface area contributed by atoms with Gasteiger partial charge in [-0.15, -0.1) is 0 Å². The molecule has 0 fully saturated rings. The molecule has 0 radical (unpaired) electrons. The van der Waals surface area contributed by atoms with Gasteiger partial charge in [-0.1, -0.05) is 0 Å². The lowest BCUT2D eigenvalue weighted by Gasteiger charge is -2.17. The fraction of sp³-hybridized carbons (Fsp3) is 0.364. The Hall–Kier alpha value is -2.71. The number of carboxylic acids is 1. The number of rotatable bonds is 6. The van der Waals surface area contributed by atoms with Crippen LogP contribution in [-0.4, -0.2) is 47.0 Å². The number of likely N-dealkylation sites (N-methyl/N-ethyl adjacent to an activating group) is 2. The Morgan fingerprint density at radius 2 is 2.20 bits per heavy atom. The number of hydrogen-bond donors (Lipinski definition) is 2. The zero-order valence-corrected chi connectivity index (χ0v) is 11.0. The molecule has 0 unspecified atom stereocenters. The molecule has 1 aromatic heterocycles. The number of carbonyl (C=O) groups excluding carboxylic acids is 1. The van der Waals surface area contributed by atoms with E-state index < -0.39 is 16.6 Å². The second kappa shape index (κ2) is 6.45. The van der Waals surface area contributed by atoms with Crippen LogP contribution in [0.25, 0.3) is 0 Å². The zero-order valence-electron chi connectivity index (χ0n) is 11.0. The van der Waals surface area contributed by atoms with E-state index in [0.29, 0.717) is 6.54 Å². The van der Waals surface area contributed by atoms with Gasteiger partial charge in [-0.2, -0.15) is 0 Å². The molecule has 0 bridgehead atoms. The Kier molecular flexibility index (Phi) is 4.95. The van der Waals surface area contributed by atoms with Crippen LogP contribution in [0.3, 0.4) is 0 Å². The van der Waals surface area contributed by atoms with Gasteiger partial charge in [0.2, 0.25) is 11.7 Å². The number of anilines is 1. The number of carboxylic acid groups (broad SMARTS) is 1. The Morgan fingerprint density at radius 1 is 1.55 bits per heavy atom.